The Kier molecular flexibility index (Phi) is 5.39. The summed E-state index contributed by atoms with van der Waals surface area (Å²) in [5.41, 5.74) is 9.70. The first kappa shape index (κ1) is 21.3. The molecule has 3 heterocycles. The maximum atomic E-state index is 6.92. The predicted molar refractivity (Wildman–Crippen MR) is 128 cm³/mol. The van der Waals surface area contributed by atoms with Crippen LogP contribution in [-0.2, 0) is 26.2 Å². The highest BCUT2D eigenvalue weighted by Crippen LogP contribution is 2.21. The van der Waals surface area contributed by atoms with Crippen molar-refractivity contribution in [2.24, 2.45) is 0 Å². The Morgan fingerprint density at radius 2 is 1.00 bits per heavy atom. The summed E-state index contributed by atoms with van der Waals surface area (Å²) < 4.78 is 8.82. The quantitative estimate of drug-likeness (QED) is 0.288. The summed E-state index contributed by atoms with van der Waals surface area (Å²) in [6.07, 6.45) is 0. The number of hydrogen-bond donors (Lipinski definition) is 0. The number of benzene rings is 2. The third-order valence-corrected chi connectivity index (χ3v) is 7.72. The van der Waals surface area contributed by atoms with E-state index in [2.05, 4.69) is 94.5 Å². The van der Waals surface area contributed by atoms with Gasteiger partial charge in [-0.3, -0.25) is 0 Å². The molecule has 5 rings (SSSR count). The lowest BCUT2D eigenvalue weighted by atomic mass is 10.1. The van der Waals surface area contributed by atoms with Crippen LogP contribution in [0.3, 0.4) is 0 Å². The Bertz CT molecular complexity index is 1150. The molecule has 0 amide bonds. The lowest BCUT2D eigenvalue weighted by Crippen LogP contribution is -2.38. The maximum absolute atomic E-state index is 6.92. The molecule has 0 unspecified atom stereocenters. The van der Waals surface area contributed by atoms with Gasteiger partial charge in [0.25, 0.3) is 0 Å². The third kappa shape index (κ3) is 3.56. The molecule has 0 atom stereocenters. The predicted octanol–water partition coefficient (Wildman–Crippen LogP) is 4.91. The Morgan fingerprint density at radius 1 is 0.625 bits per heavy atom. The Hall–Kier alpha value is -2.56. The summed E-state index contributed by atoms with van der Waals surface area (Å²) in [4.78, 5) is 0. The molecule has 1 aliphatic heterocycles. The average Bonchev–Trinajstić information content (AvgIpc) is 3.09. The van der Waals surface area contributed by atoms with Crippen molar-refractivity contribution in [3.63, 3.8) is 0 Å². The monoisotopic (exact) mass is 466 g/mol. The summed E-state index contributed by atoms with van der Waals surface area (Å²) in [6, 6.07) is 17.4. The normalized spacial score (nSPS) is 13.4. The highest BCUT2D eigenvalue weighted by Gasteiger charge is 2.27. The van der Waals surface area contributed by atoms with Crippen LogP contribution in [0.2, 0.25) is 10.6 Å². The molecule has 6 heteroatoms. The van der Waals surface area contributed by atoms with Crippen molar-refractivity contribution in [1.82, 2.24) is 9.13 Å². The van der Waals surface area contributed by atoms with Crippen molar-refractivity contribution >= 4 is 23.2 Å². The second kappa shape index (κ2) is 8.09. The minimum absolute atomic E-state index is 0.740. The second-order valence-corrected chi connectivity index (χ2v) is 9.54. The van der Waals surface area contributed by atoms with Gasteiger partial charge in [-0.2, -0.15) is 0 Å². The minimum Gasteiger partial charge on any atom is -0.213 e. The number of halogens is 2. The molecule has 4 nitrogen and oxygen atoms in total. The van der Waals surface area contributed by atoms with Crippen molar-refractivity contribution < 1.29 is 9.13 Å². The van der Waals surface area contributed by atoms with Crippen LogP contribution in [-0.4, -0.2) is 9.13 Å². The highest BCUT2D eigenvalue weighted by molar-refractivity contribution is 6.27. The molecule has 0 N–H and O–H groups in total. The molecular formula is C26H28Cl2N4+2. The van der Waals surface area contributed by atoms with Crippen LogP contribution in [0.1, 0.15) is 45.0 Å². The van der Waals surface area contributed by atoms with E-state index in [0.29, 0.717) is 0 Å². The molecule has 1 aliphatic rings. The zero-order chi connectivity index (χ0) is 22.6. The maximum Gasteiger partial charge on any atom is 0.355 e. The lowest BCUT2D eigenvalue weighted by Gasteiger charge is -2.07. The van der Waals surface area contributed by atoms with Crippen LogP contribution in [0.15, 0.2) is 48.5 Å². The van der Waals surface area contributed by atoms with Crippen LogP contribution in [0.4, 0.5) is 0 Å². The molecule has 0 fully saturated rings. The fourth-order valence-electron chi connectivity index (χ4n) is 4.74. The first-order valence-electron chi connectivity index (χ1n) is 11.0. The molecule has 0 saturated heterocycles. The van der Waals surface area contributed by atoms with E-state index in [1.54, 1.807) is 0 Å². The first-order valence-corrected chi connectivity index (χ1v) is 11.7. The van der Waals surface area contributed by atoms with Crippen molar-refractivity contribution in [3.05, 3.63) is 104 Å². The topological polar surface area (TPSA) is 17.6 Å². The van der Waals surface area contributed by atoms with E-state index in [1.165, 1.54) is 45.0 Å². The zero-order valence-electron chi connectivity index (χ0n) is 19.0. The van der Waals surface area contributed by atoms with Gasteiger partial charge in [0.1, 0.15) is 49.0 Å². The summed E-state index contributed by atoms with van der Waals surface area (Å²) in [6.45, 7) is 11.6. The van der Waals surface area contributed by atoms with Crippen LogP contribution in [0.5, 0.6) is 0 Å². The van der Waals surface area contributed by atoms with E-state index in [-0.39, 0.29) is 0 Å². The molecule has 32 heavy (non-hydrogen) atoms. The molecule has 2 aromatic heterocycles. The van der Waals surface area contributed by atoms with E-state index in [9.17, 15) is 0 Å². The van der Waals surface area contributed by atoms with Crippen molar-refractivity contribution in [1.29, 1.82) is 0 Å². The number of hydrogen-bond acceptors (Lipinski definition) is 0. The molecule has 164 valence electrons. The number of fused-ring (bicyclic) bond motifs is 8. The van der Waals surface area contributed by atoms with Crippen LogP contribution in [0.25, 0.3) is 0 Å². The van der Waals surface area contributed by atoms with E-state index in [4.69, 9.17) is 23.2 Å². The van der Waals surface area contributed by atoms with Gasteiger partial charge in [0.15, 0.2) is 0 Å². The van der Waals surface area contributed by atoms with Crippen LogP contribution >= 0.6 is 23.2 Å². The molecular weight excluding hydrogens is 439 g/mol. The van der Waals surface area contributed by atoms with Gasteiger partial charge >= 0.3 is 10.6 Å². The fourth-order valence-corrected chi connectivity index (χ4v) is 5.49. The summed E-state index contributed by atoms with van der Waals surface area (Å²) in [5.74, 6) is 0. The lowest BCUT2D eigenvalue weighted by molar-refractivity contribution is -0.692. The summed E-state index contributed by atoms with van der Waals surface area (Å²) in [5, 5.41) is 1.53. The Labute approximate surface area is 199 Å². The van der Waals surface area contributed by atoms with Gasteiger partial charge < -0.3 is 0 Å². The average molecular weight is 467 g/mol. The Balaban J connectivity index is 1.71. The van der Waals surface area contributed by atoms with Crippen LogP contribution < -0.4 is 9.13 Å². The van der Waals surface area contributed by atoms with Crippen molar-refractivity contribution in [2.45, 2.75) is 53.9 Å². The largest absolute Gasteiger partial charge is 0.355 e. The fraction of sp³-hybridized carbons (Fsp3) is 0.308. The first-order chi connectivity index (χ1) is 15.3. The van der Waals surface area contributed by atoms with E-state index < -0.39 is 0 Å². The number of nitrogens with zero attached hydrogens (tertiary/aromatic N) is 4. The van der Waals surface area contributed by atoms with Gasteiger partial charge in [-0.05, 0) is 34.4 Å². The van der Waals surface area contributed by atoms with Gasteiger partial charge in [0.2, 0.25) is 0 Å². The van der Waals surface area contributed by atoms with Gasteiger partial charge in [-0.25, -0.2) is 18.3 Å². The van der Waals surface area contributed by atoms with Gasteiger partial charge in [0.05, 0.1) is 0 Å². The van der Waals surface area contributed by atoms with Crippen LogP contribution in [0, 0.1) is 27.7 Å². The molecule has 0 radical (unpaired) electrons. The molecule has 0 saturated carbocycles. The number of aromatic nitrogens is 4. The smallest absolute Gasteiger partial charge is 0.213 e. The zero-order valence-corrected chi connectivity index (χ0v) is 20.5. The number of imidazole rings is 2. The molecule has 4 aromatic rings. The Morgan fingerprint density at radius 3 is 1.44 bits per heavy atom. The summed E-state index contributed by atoms with van der Waals surface area (Å²) in [7, 11) is 0. The molecule has 0 aliphatic carbocycles. The van der Waals surface area contributed by atoms with E-state index >= 15 is 0 Å². The van der Waals surface area contributed by atoms with Crippen molar-refractivity contribution in [2.75, 3.05) is 0 Å². The van der Waals surface area contributed by atoms with Gasteiger partial charge in [0, 0.05) is 50.9 Å². The summed E-state index contributed by atoms with van der Waals surface area (Å²) >= 11 is 13.8. The second-order valence-electron chi connectivity index (χ2n) is 8.86. The van der Waals surface area contributed by atoms with Crippen molar-refractivity contribution in [3.8, 4) is 0 Å². The van der Waals surface area contributed by atoms with E-state index in [1.807, 2.05) is 0 Å². The highest BCUT2D eigenvalue weighted by atomic mass is 35.5. The minimum atomic E-state index is 0.740. The standard InChI is InChI=1S/C26H28Cl2N4/c1-17-18(2)30-14-22-8-6-10-24(12-22)16-32-20(4)19(3)31(26(32)28)15-23-9-5-7-21(11-23)13-29(17)25(30)27/h5-12H,13-16H2,1-4H3/q+2. The molecule has 2 aromatic carbocycles. The third-order valence-electron chi connectivity index (χ3n) is 6.90. The van der Waals surface area contributed by atoms with E-state index in [0.717, 1.165) is 36.7 Å². The molecule has 0 spiro atoms. The number of rotatable bonds is 0. The molecule has 8 bridgehead atoms. The SMILES string of the molecule is Cc1c(C)[n+]2c(Cl)n1Cc1cccc(c1)Cn1c(C)c(C)[n+](c1Cl)Cc1cccc(c1)C2. The van der Waals surface area contributed by atoms with Gasteiger partial charge in [-0.15, -0.1) is 0 Å². The van der Waals surface area contributed by atoms with Gasteiger partial charge in [-0.1, -0.05) is 36.4 Å².